The lowest BCUT2D eigenvalue weighted by atomic mass is 9.64. The largest absolute Gasteiger partial charge is 0.422 e. The second-order valence-electron chi connectivity index (χ2n) is 17.3. The second-order valence-corrected chi connectivity index (χ2v) is 17.3. The first kappa shape index (κ1) is 45.3. The lowest BCUT2D eigenvalue weighted by Gasteiger charge is -2.40. The van der Waals surface area contributed by atoms with Gasteiger partial charge in [-0.25, -0.2) is 9.59 Å². The minimum atomic E-state index is -0.647. The Hall–Kier alpha value is -5.45. The number of carbonyl (C=O) groups is 5. The van der Waals surface area contributed by atoms with Gasteiger partial charge in [-0.3, -0.25) is 14.4 Å². The zero-order chi connectivity index (χ0) is 42.8. The second kappa shape index (κ2) is 19.8. The summed E-state index contributed by atoms with van der Waals surface area (Å²) in [4.78, 5) is 69.4. The minimum absolute atomic E-state index is 0.00677. The molecule has 2 aliphatic rings. The number of rotatable bonds is 20. The zero-order valence-electron chi connectivity index (χ0n) is 35.4. The molecule has 2 aromatic carbocycles. The standard InChI is InChI=1S/C47H60N2O9/c1-11-13-15-17-42(51)55-40-23-35(19-21-38(40)57-44(53)33-25-46(7,8)26-33)48(31(3)4)29-37(50)30-49(32(5)6)36-20-22-39(58-45(54)34-27-47(9,10)28-34)41(24-36)56-43(52)18-16-14-12-2/h11-12,15-24,31-34H,1-2,13-14,25-30H2,3-10H3. The van der Waals surface area contributed by atoms with Gasteiger partial charge in [0.05, 0.1) is 24.9 Å². The Bertz CT molecular complexity index is 1770. The normalized spacial score (nSPS) is 16.0. The highest BCUT2D eigenvalue weighted by Gasteiger charge is 2.42. The molecule has 0 saturated heterocycles. The summed E-state index contributed by atoms with van der Waals surface area (Å²) in [5.74, 6) is -2.33. The summed E-state index contributed by atoms with van der Waals surface area (Å²) in [6.07, 6.45) is 12.9. The molecule has 0 radical (unpaired) electrons. The highest BCUT2D eigenvalue weighted by molar-refractivity contribution is 5.90. The molecule has 0 aliphatic heterocycles. The van der Waals surface area contributed by atoms with Crippen LogP contribution < -0.4 is 28.7 Å². The van der Waals surface area contributed by atoms with Gasteiger partial charge >= 0.3 is 23.9 Å². The van der Waals surface area contributed by atoms with Crippen molar-refractivity contribution in [2.45, 2.75) is 106 Å². The van der Waals surface area contributed by atoms with Crippen molar-refractivity contribution in [3.8, 4) is 23.0 Å². The molecule has 2 aliphatic carbocycles. The lowest BCUT2D eigenvalue weighted by molar-refractivity contribution is -0.147. The minimum Gasteiger partial charge on any atom is -0.422 e. The first-order valence-corrected chi connectivity index (χ1v) is 20.1. The van der Waals surface area contributed by atoms with Crippen LogP contribution in [0.5, 0.6) is 23.0 Å². The quantitative estimate of drug-likeness (QED) is 0.0551. The van der Waals surface area contributed by atoms with Crippen molar-refractivity contribution in [3.05, 3.63) is 86.0 Å². The van der Waals surface area contributed by atoms with Crippen LogP contribution in [-0.4, -0.2) is 54.8 Å². The Balaban J connectivity index is 1.57. The molecule has 0 aromatic heterocycles. The average Bonchev–Trinajstić information content (AvgIpc) is 3.12. The number of allylic oxidation sites excluding steroid dienone is 4. The number of hydrogen-bond acceptors (Lipinski definition) is 11. The molecule has 0 heterocycles. The van der Waals surface area contributed by atoms with Gasteiger partial charge in [0, 0.05) is 47.7 Å². The van der Waals surface area contributed by atoms with Crippen LogP contribution in [0.3, 0.4) is 0 Å². The molecular formula is C47H60N2O9. The van der Waals surface area contributed by atoms with Gasteiger partial charge in [0.15, 0.2) is 28.8 Å². The number of anilines is 2. The molecule has 11 heteroatoms. The highest BCUT2D eigenvalue weighted by Crippen LogP contribution is 2.47. The Morgan fingerprint density at radius 3 is 1.29 bits per heavy atom. The summed E-state index contributed by atoms with van der Waals surface area (Å²) < 4.78 is 22.9. The molecule has 4 rings (SSSR count). The van der Waals surface area contributed by atoms with Crippen LogP contribution in [0.2, 0.25) is 0 Å². The molecule has 312 valence electrons. The summed E-state index contributed by atoms with van der Waals surface area (Å²) in [5.41, 5.74) is 1.30. The van der Waals surface area contributed by atoms with Crippen molar-refractivity contribution >= 4 is 41.0 Å². The molecule has 0 spiro atoms. The van der Waals surface area contributed by atoms with Crippen molar-refractivity contribution in [2.24, 2.45) is 22.7 Å². The van der Waals surface area contributed by atoms with Gasteiger partial charge in [0.25, 0.3) is 0 Å². The van der Waals surface area contributed by atoms with E-state index in [-0.39, 0.29) is 88.6 Å². The number of benzene rings is 2. The molecule has 2 aromatic rings. The van der Waals surface area contributed by atoms with Crippen LogP contribution in [0, 0.1) is 22.7 Å². The van der Waals surface area contributed by atoms with E-state index < -0.39 is 11.9 Å². The molecule has 0 unspecified atom stereocenters. The van der Waals surface area contributed by atoms with Crippen molar-refractivity contribution in [1.82, 2.24) is 0 Å². The van der Waals surface area contributed by atoms with E-state index >= 15 is 0 Å². The first-order chi connectivity index (χ1) is 27.3. The molecule has 0 bridgehead atoms. The van der Waals surface area contributed by atoms with Gasteiger partial charge < -0.3 is 28.7 Å². The molecule has 0 atom stereocenters. The Kier molecular flexibility index (Phi) is 15.5. The predicted octanol–water partition coefficient (Wildman–Crippen LogP) is 9.14. The van der Waals surface area contributed by atoms with Crippen molar-refractivity contribution in [2.75, 3.05) is 22.9 Å². The maximum absolute atomic E-state index is 14.0. The van der Waals surface area contributed by atoms with Crippen LogP contribution in [0.4, 0.5) is 11.4 Å². The predicted molar refractivity (Wildman–Crippen MR) is 226 cm³/mol. The number of Topliss-reactive ketones (excluding diaryl/α,β-unsaturated/α-hetero) is 1. The summed E-state index contributed by atoms with van der Waals surface area (Å²) >= 11 is 0. The van der Waals surface area contributed by atoms with Gasteiger partial charge in [-0.05, 0) is 101 Å². The van der Waals surface area contributed by atoms with E-state index in [1.807, 2.05) is 37.5 Å². The van der Waals surface area contributed by atoms with Gasteiger partial charge in [0.2, 0.25) is 0 Å². The van der Waals surface area contributed by atoms with E-state index in [4.69, 9.17) is 18.9 Å². The van der Waals surface area contributed by atoms with E-state index in [0.29, 0.717) is 49.9 Å². The van der Waals surface area contributed by atoms with Gasteiger partial charge in [-0.15, -0.1) is 13.2 Å². The van der Waals surface area contributed by atoms with E-state index in [9.17, 15) is 24.0 Å². The maximum atomic E-state index is 14.0. The maximum Gasteiger partial charge on any atom is 0.335 e. The van der Waals surface area contributed by atoms with Gasteiger partial charge in [-0.1, -0.05) is 52.0 Å². The van der Waals surface area contributed by atoms with Crippen molar-refractivity contribution in [3.63, 3.8) is 0 Å². The molecule has 0 N–H and O–H groups in total. The zero-order valence-corrected chi connectivity index (χ0v) is 35.4. The van der Waals surface area contributed by atoms with Crippen LogP contribution >= 0.6 is 0 Å². The van der Waals surface area contributed by atoms with Crippen LogP contribution in [0.15, 0.2) is 86.0 Å². The fourth-order valence-corrected chi connectivity index (χ4v) is 7.32. The third kappa shape index (κ3) is 12.8. The van der Waals surface area contributed by atoms with E-state index in [1.54, 1.807) is 60.7 Å². The number of nitrogens with zero attached hydrogens (tertiary/aromatic N) is 2. The van der Waals surface area contributed by atoms with Crippen LogP contribution in [0.25, 0.3) is 0 Å². The number of ketones is 1. The van der Waals surface area contributed by atoms with Gasteiger partial charge in [0.1, 0.15) is 0 Å². The molecule has 2 fully saturated rings. The fourth-order valence-electron chi connectivity index (χ4n) is 7.32. The van der Waals surface area contributed by atoms with E-state index in [0.717, 1.165) is 0 Å². The Morgan fingerprint density at radius 1 is 0.621 bits per heavy atom. The monoisotopic (exact) mass is 796 g/mol. The molecule has 2 saturated carbocycles. The number of hydrogen-bond donors (Lipinski definition) is 0. The summed E-state index contributed by atoms with van der Waals surface area (Å²) in [6.45, 7) is 23.5. The smallest absolute Gasteiger partial charge is 0.335 e. The third-order valence-corrected chi connectivity index (χ3v) is 10.3. The molecule has 0 amide bonds. The van der Waals surface area contributed by atoms with Crippen LogP contribution in [0.1, 0.15) is 93.9 Å². The number of ether oxygens (including phenoxy) is 4. The number of esters is 4. The fraction of sp³-hybridized carbons (Fsp3) is 0.468. The SMILES string of the molecule is C=CCC=CC(=O)Oc1cc(N(CC(=O)CN(c2ccc(OC(=O)C3CC(C)(C)C3)c(OC(=O)C=CCC=C)c2)C(C)C)C(C)C)ccc1OC(=O)C1CC(C)(C)C1. The van der Waals surface area contributed by atoms with Gasteiger partial charge in [-0.2, -0.15) is 0 Å². The van der Waals surface area contributed by atoms with Crippen LogP contribution in [-0.2, 0) is 24.0 Å². The van der Waals surface area contributed by atoms with E-state index in [2.05, 4.69) is 40.9 Å². The third-order valence-electron chi connectivity index (χ3n) is 10.3. The summed E-state index contributed by atoms with van der Waals surface area (Å²) in [5, 5.41) is 0. The Labute approximate surface area is 343 Å². The topological polar surface area (TPSA) is 129 Å². The molecule has 11 nitrogen and oxygen atoms in total. The lowest BCUT2D eigenvalue weighted by Crippen LogP contribution is -2.42. The Morgan fingerprint density at radius 2 is 0.983 bits per heavy atom. The summed E-state index contributed by atoms with van der Waals surface area (Å²) in [7, 11) is 0. The first-order valence-electron chi connectivity index (χ1n) is 20.1. The molecular weight excluding hydrogens is 737 g/mol. The average molecular weight is 797 g/mol. The van der Waals surface area contributed by atoms with E-state index in [1.165, 1.54) is 12.2 Å². The number of carbonyl (C=O) groups excluding carboxylic acids is 5. The van der Waals surface area contributed by atoms with Crippen molar-refractivity contribution in [1.29, 1.82) is 0 Å². The molecule has 58 heavy (non-hydrogen) atoms. The van der Waals surface area contributed by atoms with Crippen molar-refractivity contribution < 1.29 is 42.9 Å². The summed E-state index contributed by atoms with van der Waals surface area (Å²) in [6, 6.07) is 9.54. The highest BCUT2D eigenvalue weighted by atomic mass is 16.6.